The Balaban J connectivity index is 0.0000167. The minimum absolute atomic E-state index is 0. The number of imide groups is 2. The second-order valence-electron chi connectivity index (χ2n) is 33.1. The van der Waals surface area contributed by atoms with E-state index in [0.717, 1.165) is 137 Å². The lowest BCUT2D eigenvalue weighted by atomic mass is 9.61. The van der Waals surface area contributed by atoms with Gasteiger partial charge in [-0.1, -0.05) is 318 Å². The maximum absolute atomic E-state index is 13.9. The summed E-state index contributed by atoms with van der Waals surface area (Å²) in [5.74, 6) is 6.04. The molecule has 8 unspecified atom stereocenters. The van der Waals surface area contributed by atoms with Crippen molar-refractivity contribution in [2.45, 2.75) is 408 Å². The van der Waals surface area contributed by atoms with Gasteiger partial charge in [-0.25, -0.2) is 0 Å². The van der Waals surface area contributed by atoms with Crippen molar-refractivity contribution in [1.82, 2.24) is 18.9 Å². The molecule has 0 N–H and O–H groups in total. The summed E-state index contributed by atoms with van der Waals surface area (Å²) < 4.78 is 2.70. The number of rotatable bonds is 60. The number of carbonyl (C=O) groups is 4. The molecule has 0 radical (unpaired) electrons. The van der Waals surface area contributed by atoms with Gasteiger partial charge < -0.3 is 0 Å². The van der Waals surface area contributed by atoms with Gasteiger partial charge in [0, 0.05) is 50.5 Å². The van der Waals surface area contributed by atoms with Gasteiger partial charge in [-0.05, 0) is 137 Å². The third kappa shape index (κ3) is 28.7. The maximum atomic E-state index is 13.9. The van der Waals surface area contributed by atoms with Crippen LogP contribution in [0.15, 0.2) is 55.6 Å². The second kappa shape index (κ2) is 50.7. The fraction of sp³-hybridized carbons (Fsp3) is 0.802. The molecule has 1 aromatic carbocycles. The molecule has 12 heteroatoms. The van der Waals surface area contributed by atoms with Gasteiger partial charge in [0.25, 0.3) is 45.9 Å². The molecule has 4 heterocycles. The summed E-state index contributed by atoms with van der Waals surface area (Å²) >= 11 is 0. The molecule has 0 bridgehead atoms. The molecule has 582 valence electrons. The van der Waals surface area contributed by atoms with Crippen molar-refractivity contribution >= 4 is 45.2 Å². The third-order valence-corrected chi connectivity index (χ3v) is 25.6. The first-order chi connectivity index (χ1) is 49.9. The van der Waals surface area contributed by atoms with Crippen molar-refractivity contribution in [2.24, 2.45) is 47.3 Å². The van der Waals surface area contributed by atoms with Crippen LogP contribution < -0.4 is 22.2 Å². The number of fused-ring (bicyclic) bond motifs is 2. The number of aromatic nitrogens is 2. The van der Waals surface area contributed by atoms with Crippen LogP contribution in [-0.2, 0) is 32.3 Å². The molecule has 2 aromatic heterocycles. The molecule has 8 atom stereocenters. The maximum Gasteiger partial charge on any atom is 0.261 e. The third-order valence-electron chi connectivity index (χ3n) is 25.6. The summed E-state index contributed by atoms with van der Waals surface area (Å²) in [6, 6.07) is 3.07. The quantitative estimate of drug-likeness (QED) is 0.0400. The van der Waals surface area contributed by atoms with Crippen molar-refractivity contribution < 1.29 is 19.2 Å². The average molecular weight is 1430 g/mol. The predicted molar refractivity (Wildman–Crippen MR) is 433 cm³/mol. The Morgan fingerprint density at radius 1 is 0.243 bits per heavy atom. The summed E-state index contributed by atoms with van der Waals surface area (Å²) in [6.45, 7) is 11.0. The minimum atomic E-state index is -0.347. The highest BCUT2D eigenvalue weighted by Crippen LogP contribution is 2.50. The van der Waals surface area contributed by atoms with E-state index in [1.54, 1.807) is 0 Å². The topological polar surface area (TPSA) is 153 Å². The van der Waals surface area contributed by atoms with Crippen LogP contribution in [0, 0.1) is 47.3 Å². The molecule has 2 fully saturated rings. The molecule has 4 amide bonds. The van der Waals surface area contributed by atoms with E-state index in [1.165, 1.54) is 325 Å². The van der Waals surface area contributed by atoms with Crippen molar-refractivity contribution in [3.63, 3.8) is 0 Å². The fourth-order valence-corrected chi connectivity index (χ4v) is 19.6. The van der Waals surface area contributed by atoms with Crippen LogP contribution >= 0.6 is 0 Å². The van der Waals surface area contributed by atoms with Crippen molar-refractivity contribution in [3.05, 3.63) is 77.9 Å². The van der Waals surface area contributed by atoms with Crippen LogP contribution in [-0.4, -0.2) is 55.7 Å². The number of unbranched alkanes of at least 4 members (excludes halogenated alkanes) is 36. The molecule has 2 aliphatic carbocycles. The van der Waals surface area contributed by atoms with Crippen LogP contribution in [0.1, 0.15) is 395 Å². The summed E-state index contributed by atoms with van der Waals surface area (Å²) in [5.41, 5.74) is -1.39. The molecule has 4 aliphatic rings. The predicted octanol–water partition coefficient (Wildman–Crippen LogP) is 23.3. The highest BCUT2D eigenvalue weighted by Gasteiger charge is 2.40. The monoisotopic (exact) mass is 1430 g/mol. The zero-order valence-electron chi connectivity index (χ0n) is 65.6. The molecule has 7 rings (SSSR count). The van der Waals surface area contributed by atoms with Crippen LogP contribution in [0.5, 0.6) is 0 Å². The molecule has 2 saturated carbocycles. The molecule has 2 aliphatic heterocycles. The smallest absolute Gasteiger partial charge is 0.261 e. The Morgan fingerprint density at radius 2 is 0.427 bits per heavy atom. The SMILES string of the molecule is C.CCCCCCCCC1C(CCCCCC)CCC(CCCCCCCCn2c(=O)c3cc4c(=O)n(CCCCCCCCC5CCC(CCCCCC)C(CCCCCCCC)C5CCCCCCCCN5C(=O)C=CC5=O)c(=O)c4cc3c2=O)C1CCCCCCCCN1C(=O)C=CC1=O. The highest BCUT2D eigenvalue weighted by atomic mass is 16.2. The normalized spacial score (nSPS) is 20.7. The van der Waals surface area contributed by atoms with Gasteiger partial charge >= 0.3 is 0 Å². The first-order valence-corrected chi connectivity index (χ1v) is 43.9. The summed E-state index contributed by atoms with van der Waals surface area (Å²) in [4.78, 5) is 106. The number of benzene rings is 1. The highest BCUT2D eigenvalue weighted by molar-refractivity contribution is 6.13. The lowest BCUT2D eigenvalue weighted by Crippen LogP contribution is -2.35. The van der Waals surface area contributed by atoms with E-state index in [1.807, 2.05) is 0 Å². The van der Waals surface area contributed by atoms with Crippen molar-refractivity contribution in [3.8, 4) is 0 Å². The number of nitrogens with zero attached hydrogens (tertiary/aromatic N) is 4. The Kier molecular flexibility index (Phi) is 43.0. The average Bonchev–Trinajstić information content (AvgIpc) is 1.59. The van der Waals surface area contributed by atoms with Gasteiger partial charge in [0.15, 0.2) is 0 Å². The van der Waals surface area contributed by atoms with Gasteiger partial charge in [0.1, 0.15) is 0 Å². The van der Waals surface area contributed by atoms with Crippen LogP contribution in [0.4, 0.5) is 0 Å². The minimum Gasteiger partial charge on any atom is -0.275 e. The summed E-state index contributed by atoms with van der Waals surface area (Å²) in [7, 11) is 0. The van der Waals surface area contributed by atoms with Gasteiger partial charge in [0.05, 0.1) is 21.5 Å². The lowest BCUT2D eigenvalue weighted by Gasteiger charge is -2.44. The Hall–Kier alpha value is -4.74. The molecule has 0 spiro atoms. The van der Waals surface area contributed by atoms with Crippen LogP contribution in [0.3, 0.4) is 0 Å². The molecular weight excluding hydrogens is 1280 g/mol. The van der Waals surface area contributed by atoms with Gasteiger partial charge in [-0.15, -0.1) is 0 Å². The Morgan fingerprint density at radius 3 is 0.660 bits per heavy atom. The molecule has 103 heavy (non-hydrogen) atoms. The molecule has 0 saturated heterocycles. The standard InChI is InChI=1S/C90H146N4O8.CH4/c1-5-9-13-17-29-41-53-75-71(49-37-15-11-7-3)57-59-73(77(75)55-43-31-21-25-33-45-65-91-83(95)61-62-84(91)96)51-39-27-19-23-35-47-67-93-87(99)79-69-81-82(70-80(79)88(93)100)90(102)94(89(81)101)68-48-36-24-20-28-40-52-74-60-58-72(50-38-16-12-8-4)76(54-42-30-18-14-10-6-2)78(74)56-44-32-22-26-34-46-66-92-85(97)63-64-86(92)98;/h61-64,69-78H,5-60,65-68H2,1-4H3;1H4. The number of carbonyl (C=O) groups excluding carboxylic acids is 4. The first kappa shape index (κ1) is 87.2. The van der Waals surface area contributed by atoms with E-state index in [9.17, 15) is 38.4 Å². The fourth-order valence-electron chi connectivity index (χ4n) is 19.6. The zero-order chi connectivity index (χ0) is 72.5. The lowest BCUT2D eigenvalue weighted by molar-refractivity contribution is -0.138. The number of amides is 4. The number of hydrogen-bond donors (Lipinski definition) is 0. The van der Waals surface area contributed by atoms with E-state index in [0.29, 0.717) is 26.2 Å². The molecule has 3 aromatic rings. The largest absolute Gasteiger partial charge is 0.275 e. The van der Waals surface area contributed by atoms with E-state index in [4.69, 9.17) is 0 Å². The summed E-state index contributed by atoms with van der Waals surface area (Å²) in [6.07, 6.45) is 75.9. The first-order valence-electron chi connectivity index (χ1n) is 43.9. The van der Waals surface area contributed by atoms with Gasteiger partial charge in [0.2, 0.25) is 0 Å². The van der Waals surface area contributed by atoms with Crippen molar-refractivity contribution in [2.75, 3.05) is 13.1 Å². The summed E-state index contributed by atoms with van der Waals surface area (Å²) in [5, 5.41) is 1.02. The van der Waals surface area contributed by atoms with E-state index < -0.39 is 0 Å². The zero-order valence-corrected chi connectivity index (χ0v) is 65.6. The Labute approximate surface area is 626 Å². The van der Waals surface area contributed by atoms with E-state index in [2.05, 4.69) is 27.7 Å². The molecular formula is C91H150N4O8. The van der Waals surface area contributed by atoms with E-state index >= 15 is 0 Å². The van der Waals surface area contributed by atoms with Crippen LogP contribution in [0.2, 0.25) is 0 Å². The van der Waals surface area contributed by atoms with Gasteiger partial charge in [-0.2, -0.15) is 0 Å². The Bertz CT molecular complexity index is 2840. The van der Waals surface area contributed by atoms with E-state index in [-0.39, 0.29) is 74.8 Å². The van der Waals surface area contributed by atoms with Gasteiger partial charge in [-0.3, -0.25) is 57.3 Å². The second-order valence-corrected chi connectivity index (χ2v) is 33.1. The van der Waals surface area contributed by atoms with Crippen LogP contribution in [0.25, 0.3) is 21.5 Å². The molecule has 12 nitrogen and oxygen atoms in total. The number of hydrogen-bond acceptors (Lipinski definition) is 8. The van der Waals surface area contributed by atoms with Crippen molar-refractivity contribution in [1.29, 1.82) is 0 Å².